The van der Waals surface area contributed by atoms with Crippen LogP contribution in [-0.2, 0) is 11.2 Å². The number of hydrogen-bond donors (Lipinski definition) is 2. The number of thiophene rings is 1. The van der Waals surface area contributed by atoms with Gasteiger partial charge in [-0.15, -0.1) is 10.2 Å². The molecule has 2 aromatic heterocycles. The Balaban J connectivity index is 1.24. The number of benzene rings is 1. The van der Waals surface area contributed by atoms with Crippen molar-refractivity contribution in [3.63, 3.8) is 0 Å². The SMILES string of the molecule is O=C(CCc1nnc(-c2ccsc2)o1)Nc1ccc(NC2CCCCC2)cc1. The number of aryl methyl sites for hydroxylation is 1. The Morgan fingerprint density at radius 2 is 1.86 bits per heavy atom. The highest BCUT2D eigenvalue weighted by Crippen LogP contribution is 2.23. The summed E-state index contributed by atoms with van der Waals surface area (Å²) in [6.07, 6.45) is 7.16. The van der Waals surface area contributed by atoms with Gasteiger partial charge in [0.25, 0.3) is 0 Å². The van der Waals surface area contributed by atoms with E-state index in [1.807, 2.05) is 41.1 Å². The zero-order valence-corrected chi connectivity index (χ0v) is 16.5. The summed E-state index contributed by atoms with van der Waals surface area (Å²) in [6, 6.07) is 10.4. The second kappa shape index (κ2) is 9.01. The van der Waals surface area contributed by atoms with Crippen LogP contribution >= 0.6 is 11.3 Å². The second-order valence-corrected chi connectivity index (χ2v) is 7.90. The zero-order valence-electron chi connectivity index (χ0n) is 15.7. The number of amides is 1. The van der Waals surface area contributed by atoms with E-state index in [4.69, 9.17) is 4.42 Å². The molecule has 0 unspecified atom stereocenters. The third-order valence-electron chi connectivity index (χ3n) is 4.95. The van der Waals surface area contributed by atoms with Crippen LogP contribution in [-0.4, -0.2) is 22.1 Å². The van der Waals surface area contributed by atoms with Gasteiger partial charge in [-0.3, -0.25) is 4.79 Å². The van der Waals surface area contributed by atoms with Crippen molar-refractivity contribution in [2.45, 2.75) is 51.0 Å². The fourth-order valence-electron chi connectivity index (χ4n) is 3.43. The van der Waals surface area contributed by atoms with Crippen LogP contribution in [0.4, 0.5) is 11.4 Å². The quantitative estimate of drug-likeness (QED) is 0.580. The van der Waals surface area contributed by atoms with Crippen LogP contribution in [0, 0.1) is 0 Å². The molecule has 1 saturated carbocycles. The number of rotatable bonds is 7. The molecule has 6 nitrogen and oxygen atoms in total. The summed E-state index contributed by atoms with van der Waals surface area (Å²) in [6.45, 7) is 0. The van der Waals surface area contributed by atoms with E-state index in [9.17, 15) is 4.79 Å². The molecule has 28 heavy (non-hydrogen) atoms. The highest BCUT2D eigenvalue weighted by molar-refractivity contribution is 7.08. The topological polar surface area (TPSA) is 80.0 Å². The highest BCUT2D eigenvalue weighted by Gasteiger charge is 2.13. The van der Waals surface area contributed by atoms with Crippen molar-refractivity contribution in [2.24, 2.45) is 0 Å². The van der Waals surface area contributed by atoms with Crippen molar-refractivity contribution in [3.05, 3.63) is 47.0 Å². The number of aromatic nitrogens is 2. The zero-order chi connectivity index (χ0) is 19.2. The first-order valence-electron chi connectivity index (χ1n) is 9.78. The summed E-state index contributed by atoms with van der Waals surface area (Å²) < 4.78 is 5.61. The first-order valence-corrected chi connectivity index (χ1v) is 10.7. The van der Waals surface area contributed by atoms with Gasteiger partial charge in [0.2, 0.25) is 17.7 Å². The molecule has 1 amide bonds. The van der Waals surface area contributed by atoms with Gasteiger partial charge < -0.3 is 15.1 Å². The minimum Gasteiger partial charge on any atom is -0.421 e. The molecule has 4 rings (SSSR count). The van der Waals surface area contributed by atoms with Crippen molar-refractivity contribution in [2.75, 3.05) is 10.6 Å². The summed E-state index contributed by atoms with van der Waals surface area (Å²) in [5, 5.41) is 18.5. The van der Waals surface area contributed by atoms with Gasteiger partial charge in [-0.2, -0.15) is 11.3 Å². The van der Waals surface area contributed by atoms with Crippen LogP contribution in [0.1, 0.15) is 44.4 Å². The van der Waals surface area contributed by atoms with E-state index in [1.165, 1.54) is 32.1 Å². The van der Waals surface area contributed by atoms with E-state index in [0.29, 0.717) is 30.7 Å². The van der Waals surface area contributed by atoms with Crippen molar-refractivity contribution in [1.29, 1.82) is 0 Å². The van der Waals surface area contributed by atoms with Crippen LogP contribution in [0.5, 0.6) is 0 Å². The monoisotopic (exact) mass is 396 g/mol. The lowest BCUT2D eigenvalue weighted by molar-refractivity contribution is -0.116. The first-order chi connectivity index (χ1) is 13.8. The van der Waals surface area contributed by atoms with Gasteiger partial charge in [0.1, 0.15) is 0 Å². The van der Waals surface area contributed by atoms with Crippen molar-refractivity contribution in [1.82, 2.24) is 10.2 Å². The standard InChI is InChI=1S/C21H24N4O2S/c26-19(10-11-20-24-25-21(27-20)15-12-13-28-14-15)23-18-8-6-17(7-9-18)22-16-4-2-1-3-5-16/h6-9,12-14,16,22H,1-5,10-11H2,(H,23,26). The molecule has 2 heterocycles. The van der Waals surface area contributed by atoms with Gasteiger partial charge in [-0.05, 0) is 48.6 Å². The predicted octanol–water partition coefficient (Wildman–Crippen LogP) is 5.11. The van der Waals surface area contributed by atoms with E-state index in [0.717, 1.165) is 16.9 Å². The fourth-order valence-corrected chi connectivity index (χ4v) is 4.06. The molecular weight excluding hydrogens is 372 g/mol. The van der Waals surface area contributed by atoms with Crippen LogP contribution in [0.3, 0.4) is 0 Å². The third kappa shape index (κ3) is 4.98. The molecule has 1 fully saturated rings. The fraction of sp³-hybridized carbons (Fsp3) is 0.381. The number of carbonyl (C=O) groups is 1. The van der Waals surface area contributed by atoms with Crippen molar-refractivity contribution >= 4 is 28.6 Å². The molecule has 0 atom stereocenters. The Kier molecular flexibility index (Phi) is 6.01. The molecular formula is C21H24N4O2S. The average Bonchev–Trinajstić information content (AvgIpc) is 3.41. The molecule has 1 aliphatic rings. The molecule has 0 spiro atoms. The highest BCUT2D eigenvalue weighted by atomic mass is 32.1. The smallest absolute Gasteiger partial charge is 0.248 e. The molecule has 3 aromatic rings. The lowest BCUT2D eigenvalue weighted by Crippen LogP contribution is -2.22. The Morgan fingerprint density at radius 1 is 1.07 bits per heavy atom. The molecule has 7 heteroatoms. The van der Waals surface area contributed by atoms with Gasteiger partial charge >= 0.3 is 0 Å². The molecule has 0 aliphatic heterocycles. The summed E-state index contributed by atoms with van der Waals surface area (Å²) in [4.78, 5) is 12.2. The second-order valence-electron chi connectivity index (χ2n) is 7.12. The maximum absolute atomic E-state index is 12.2. The maximum atomic E-state index is 12.2. The van der Waals surface area contributed by atoms with Gasteiger partial charge in [-0.1, -0.05) is 19.3 Å². The number of anilines is 2. The van der Waals surface area contributed by atoms with E-state index < -0.39 is 0 Å². The van der Waals surface area contributed by atoms with Gasteiger partial charge in [-0.25, -0.2) is 0 Å². The van der Waals surface area contributed by atoms with Gasteiger partial charge in [0.05, 0.1) is 0 Å². The van der Waals surface area contributed by atoms with E-state index >= 15 is 0 Å². The van der Waals surface area contributed by atoms with Crippen LogP contribution in [0.25, 0.3) is 11.5 Å². The molecule has 2 N–H and O–H groups in total. The van der Waals surface area contributed by atoms with E-state index in [-0.39, 0.29) is 5.91 Å². The Hall–Kier alpha value is -2.67. The minimum atomic E-state index is -0.0664. The molecule has 0 saturated heterocycles. The number of carbonyl (C=O) groups excluding carboxylic acids is 1. The lowest BCUT2D eigenvalue weighted by atomic mass is 9.95. The first kappa shape index (κ1) is 18.7. The number of nitrogens with zero attached hydrogens (tertiary/aromatic N) is 2. The molecule has 0 bridgehead atoms. The van der Waals surface area contributed by atoms with Crippen LogP contribution in [0.2, 0.25) is 0 Å². The molecule has 1 aliphatic carbocycles. The Morgan fingerprint density at radius 3 is 2.61 bits per heavy atom. The summed E-state index contributed by atoms with van der Waals surface area (Å²) in [7, 11) is 0. The van der Waals surface area contributed by atoms with Crippen LogP contribution < -0.4 is 10.6 Å². The van der Waals surface area contributed by atoms with E-state index in [1.54, 1.807) is 11.3 Å². The van der Waals surface area contributed by atoms with E-state index in [2.05, 4.69) is 20.8 Å². The number of nitrogens with one attached hydrogen (secondary N) is 2. The average molecular weight is 397 g/mol. The number of hydrogen-bond acceptors (Lipinski definition) is 6. The lowest BCUT2D eigenvalue weighted by Gasteiger charge is -2.23. The van der Waals surface area contributed by atoms with Crippen LogP contribution in [0.15, 0.2) is 45.5 Å². The summed E-state index contributed by atoms with van der Waals surface area (Å²) in [5.41, 5.74) is 2.82. The summed E-state index contributed by atoms with van der Waals surface area (Å²) in [5.74, 6) is 0.907. The Labute approximate surface area is 168 Å². The molecule has 1 aromatic carbocycles. The summed E-state index contributed by atoms with van der Waals surface area (Å²) >= 11 is 1.58. The van der Waals surface area contributed by atoms with Gasteiger partial charge in [0, 0.05) is 41.2 Å². The third-order valence-corrected chi connectivity index (χ3v) is 5.63. The van der Waals surface area contributed by atoms with Crippen molar-refractivity contribution in [3.8, 4) is 11.5 Å². The molecule has 146 valence electrons. The normalized spacial score (nSPS) is 14.7. The molecule has 0 radical (unpaired) electrons. The Bertz CT molecular complexity index is 884. The van der Waals surface area contributed by atoms with Crippen molar-refractivity contribution < 1.29 is 9.21 Å². The largest absolute Gasteiger partial charge is 0.421 e. The van der Waals surface area contributed by atoms with Gasteiger partial charge in [0.15, 0.2) is 0 Å². The maximum Gasteiger partial charge on any atom is 0.248 e. The minimum absolute atomic E-state index is 0.0664. The predicted molar refractivity (Wildman–Crippen MR) is 111 cm³/mol.